The van der Waals surface area contributed by atoms with E-state index in [1.165, 1.54) is 0 Å². The first-order chi connectivity index (χ1) is 14.2. The van der Waals surface area contributed by atoms with Crippen molar-refractivity contribution in [3.05, 3.63) is 0 Å². The molecule has 4 fully saturated rings. The predicted molar refractivity (Wildman–Crippen MR) is 110 cm³/mol. The lowest BCUT2D eigenvalue weighted by atomic mass is 9.44. The van der Waals surface area contributed by atoms with E-state index >= 15 is 0 Å². The third-order valence-electron chi connectivity index (χ3n) is 9.78. The fourth-order valence-corrected chi connectivity index (χ4v) is 9.55. The topological polar surface area (TPSA) is 133 Å². The second-order valence-corrected chi connectivity index (χ2v) is 13.0. The van der Waals surface area contributed by atoms with Gasteiger partial charge in [0, 0.05) is 0 Å². The third-order valence-corrected chi connectivity index (χ3v) is 10.8. The van der Waals surface area contributed by atoms with Crippen LogP contribution in [0, 0.1) is 40.4 Å². The second-order valence-electron chi connectivity index (χ2n) is 11.0. The normalized spacial score (nSPS) is 46.6. The second kappa shape index (κ2) is 7.91. The summed E-state index contributed by atoms with van der Waals surface area (Å²) in [7, 11) is -9.40. The monoisotopic (exact) mass is 478 g/mol. The molecule has 0 bridgehead atoms. The maximum Gasteiger partial charge on any atom is 0.217 e. The largest absolute Gasteiger partial charge is 0.726 e. The molecule has 9 unspecified atom stereocenters. The summed E-state index contributed by atoms with van der Waals surface area (Å²) in [6.07, 6.45) is 6.94. The lowest BCUT2D eigenvalue weighted by Gasteiger charge is -2.61. The highest BCUT2D eigenvalue weighted by atomic mass is 32.3. The van der Waals surface area contributed by atoms with Gasteiger partial charge < -0.3 is 9.11 Å². The summed E-state index contributed by atoms with van der Waals surface area (Å²) in [5.41, 5.74) is 0.0702. The minimum atomic E-state index is -4.72. The molecule has 31 heavy (non-hydrogen) atoms. The van der Waals surface area contributed by atoms with Gasteiger partial charge in [-0.1, -0.05) is 13.8 Å². The first-order valence-electron chi connectivity index (χ1n) is 11.5. The Morgan fingerprint density at radius 1 is 0.839 bits per heavy atom. The van der Waals surface area contributed by atoms with E-state index in [2.05, 4.69) is 13.8 Å². The lowest BCUT2D eigenvalue weighted by molar-refractivity contribution is -0.129. The van der Waals surface area contributed by atoms with Crippen LogP contribution in [0.4, 0.5) is 0 Å². The third kappa shape index (κ3) is 4.45. The highest BCUT2D eigenvalue weighted by molar-refractivity contribution is 7.81. The van der Waals surface area contributed by atoms with E-state index in [-0.39, 0.29) is 16.7 Å². The fourth-order valence-electron chi connectivity index (χ4n) is 8.54. The van der Waals surface area contributed by atoms with Gasteiger partial charge >= 0.3 is 0 Å². The molecule has 0 heterocycles. The molecule has 4 aliphatic rings. The molecule has 0 radical (unpaired) electrons. The van der Waals surface area contributed by atoms with Crippen LogP contribution < -0.4 is 0 Å². The van der Waals surface area contributed by atoms with E-state index in [1.54, 1.807) is 6.92 Å². The maximum absolute atomic E-state index is 11.2. The van der Waals surface area contributed by atoms with Gasteiger partial charge in [-0.25, -0.2) is 16.8 Å². The van der Waals surface area contributed by atoms with Crippen LogP contribution in [0.3, 0.4) is 0 Å². The molecule has 0 spiro atoms. The van der Waals surface area contributed by atoms with Crippen molar-refractivity contribution in [2.45, 2.75) is 90.8 Å². The molecule has 0 amide bonds. The molecule has 0 aliphatic heterocycles. The van der Waals surface area contributed by atoms with Crippen LogP contribution in [0.15, 0.2) is 0 Å². The van der Waals surface area contributed by atoms with Crippen LogP contribution in [0.1, 0.15) is 78.6 Å². The summed E-state index contributed by atoms with van der Waals surface area (Å²) < 4.78 is 76.3. The minimum Gasteiger partial charge on any atom is -0.726 e. The van der Waals surface area contributed by atoms with Crippen LogP contribution in [0.25, 0.3) is 0 Å². The maximum atomic E-state index is 11.2. The minimum absolute atomic E-state index is 0.0363. The smallest absolute Gasteiger partial charge is 0.217 e. The Kier molecular flexibility index (Phi) is 6.09. The van der Waals surface area contributed by atoms with E-state index in [0.29, 0.717) is 36.5 Å². The highest BCUT2D eigenvalue weighted by Crippen LogP contribution is 2.68. The van der Waals surface area contributed by atoms with Crippen LogP contribution >= 0.6 is 0 Å². The number of fused-ring (bicyclic) bond motifs is 5. The average Bonchev–Trinajstić information content (AvgIpc) is 2.97. The Morgan fingerprint density at radius 2 is 1.48 bits per heavy atom. The quantitative estimate of drug-likeness (QED) is 0.434. The Morgan fingerprint density at radius 3 is 2.13 bits per heavy atom. The van der Waals surface area contributed by atoms with Crippen molar-refractivity contribution in [3.8, 4) is 0 Å². The molecular weight excluding hydrogens is 444 g/mol. The zero-order valence-corrected chi connectivity index (χ0v) is 20.1. The van der Waals surface area contributed by atoms with Crippen molar-refractivity contribution >= 4 is 20.8 Å². The average molecular weight is 479 g/mol. The molecular formula is C21H34O8S2-2. The van der Waals surface area contributed by atoms with Crippen molar-refractivity contribution in [1.29, 1.82) is 0 Å². The van der Waals surface area contributed by atoms with Gasteiger partial charge in [0.2, 0.25) is 20.8 Å². The molecule has 0 saturated heterocycles. The standard InChI is InChI=1S/C21H36O8S2/c1-13(28-30(22,23)24)17-6-7-18-16-5-4-14-12-15(29-31(25,26)27)8-10-20(14,2)19(16)9-11-21(17,18)3/h13-19H,4-12H2,1-3H3,(H,22,23,24)(H,25,26,27)/p-2. The highest BCUT2D eigenvalue weighted by Gasteiger charge is 2.61. The van der Waals surface area contributed by atoms with Crippen molar-refractivity contribution in [2.75, 3.05) is 0 Å². The van der Waals surface area contributed by atoms with Gasteiger partial charge in [-0.2, -0.15) is 0 Å². The number of hydrogen-bond acceptors (Lipinski definition) is 8. The van der Waals surface area contributed by atoms with Gasteiger partial charge in [-0.15, -0.1) is 0 Å². The molecule has 0 N–H and O–H groups in total. The van der Waals surface area contributed by atoms with Crippen molar-refractivity contribution in [2.24, 2.45) is 40.4 Å². The number of rotatable bonds is 5. The molecule has 0 aromatic carbocycles. The molecule has 4 rings (SSSR count). The summed E-state index contributed by atoms with van der Waals surface area (Å²) in [5, 5.41) is 0. The van der Waals surface area contributed by atoms with Gasteiger partial charge in [0.15, 0.2) is 0 Å². The summed E-state index contributed by atoms with van der Waals surface area (Å²) in [6.45, 7) is 6.30. The Labute approximate surface area is 186 Å². The van der Waals surface area contributed by atoms with Crippen LogP contribution in [0.2, 0.25) is 0 Å². The summed E-state index contributed by atoms with van der Waals surface area (Å²) in [4.78, 5) is 0. The molecule has 180 valence electrons. The number of hydrogen-bond donors (Lipinski definition) is 0. The van der Waals surface area contributed by atoms with E-state index < -0.39 is 33.0 Å². The van der Waals surface area contributed by atoms with E-state index in [1.807, 2.05) is 0 Å². The van der Waals surface area contributed by atoms with E-state index in [9.17, 15) is 25.9 Å². The Hall–Kier alpha value is -0.260. The van der Waals surface area contributed by atoms with Gasteiger partial charge in [0.25, 0.3) is 0 Å². The summed E-state index contributed by atoms with van der Waals surface area (Å²) in [5.74, 6) is 1.96. The summed E-state index contributed by atoms with van der Waals surface area (Å²) in [6, 6.07) is 0. The van der Waals surface area contributed by atoms with Crippen molar-refractivity contribution in [3.63, 3.8) is 0 Å². The molecule has 8 nitrogen and oxygen atoms in total. The van der Waals surface area contributed by atoms with Crippen molar-refractivity contribution in [1.82, 2.24) is 0 Å². The van der Waals surface area contributed by atoms with E-state index in [0.717, 1.165) is 44.9 Å². The van der Waals surface area contributed by atoms with E-state index in [4.69, 9.17) is 8.37 Å². The van der Waals surface area contributed by atoms with Crippen LogP contribution in [-0.4, -0.2) is 38.1 Å². The zero-order valence-electron chi connectivity index (χ0n) is 18.5. The van der Waals surface area contributed by atoms with Gasteiger partial charge in [0.1, 0.15) is 0 Å². The summed E-state index contributed by atoms with van der Waals surface area (Å²) >= 11 is 0. The molecule has 4 saturated carbocycles. The zero-order chi connectivity index (χ0) is 22.8. The predicted octanol–water partition coefficient (Wildman–Crippen LogP) is 3.36. The molecule has 4 aliphatic carbocycles. The Balaban J connectivity index is 1.50. The lowest BCUT2D eigenvalue weighted by Crippen LogP contribution is -2.54. The van der Waals surface area contributed by atoms with Gasteiger partial charge in [-0.3, -0.25) is 8.37 Å². The van der Waals surface area contributed by atoms with Crippen molar-refractivity contribution < 1.29 is 34.3 Å². The van der Waals surface area contributed by atoms with Gasteiger partial charge in [0.05, 0.1) is 12.2 Å². The Bertz CT molecular complexity index is 902. The fraction of sp³-hybridized carbons (Fsp3) is 1.00. The first-order valence-corrected chi connectivity index (χ1v) is 14.2. The SMILES string of the molecule is CC(OS(=O)(=O)[O-])C1CCC2C3CCC4CC(OS(=O)(=O)[O-])CCC4(C)C3CCC12C. The molecule has 0 aromatic rings. The molecule has 0 aromatic heterocycles. The first kappa shape index (κ1) is 23.9. The molecule has 10 heteroatoms. The van der Waals surface area contributed by atoms with Gasteiger partial charge in [-0.05, 0) is 105 Å². The van der Waals surface area contributed by atoms with Crippen LogP contribution in [-0.2, 0) is 29.2 Å². The van der Waals surface area contributed by atoms with Crippen LogP contribution in [0.5, 0.6) is 0 Å². The molecule has 9 atom stereocenters.